The summed E-state index contributed by atoms with van der Waals surface area (Å²) >= 11 is 0. The Morgan fingerprint density at radius 2 is 0.699 bits per heavy atom. The molecule has 13 aromatic rings. The van der Waals surface area contributed by atoms with E-state index in [4.69, 9.17) is 9.97 Å². The van der Waals surface area contributed by atoms with Gasteiger partial charge in [-0.3, -0.25) is 0 Å². The minimum atomic E-state index is -0.488. The highest BCUT2D eigenvalue weighted by Gasteiger charge is 2.46. The summed E-state index contributed by atoms with van der Waals surface area (Å²) in [6.45, 7) is 0. The number of fused-ring (bicyclic) bond motifs is 9. The van der Waals surface area contributed by atoms with Crippen LogP contribution in [0.5, 0.6) is 0 Å². The van der Waals surface area contributed by atoms with E-state index in [1.54, 1.807) is 0 Å². The largest absolute Gasteiger partial charge is 0.228 e. The van der Waals surface area contributed by atoms with E-state index in [9.17, 15) is 0 Å². The molecule has 73 heavy (non-hydrogen) atoms. The molecule has 1 aromatic heterocycles. The maximum atomic E-state index is 5.23. The van der Waals surface area contributed by atoms with Crippen LogP contribution in [0.1, 0.15) is 22.3 Å². The Morgan fingerprint density at radius 3 is 1.42 bits per heavy atom. The average molecular weight is 927 g/mol. The van der Waals surface area contributed by atoms with Gasteiger partial charge in [0.2, 0.25) is 0 Å². The number of hydrogen-bond donors (Lipinski definition) is 0. The van der Waals surface area contributed by atoms with Gasteiger partial charge in [0.05, 0.1) is 16.8 Å². The zero-order valence-electron chi connectivity index (χ0n) is 40.0. The van der Waals surface area contributed by atoms with Gasteiger partial charge in [0.15, 0.2) is 5.82 Å². The Kier molecular flexibility index (Phi) is 10.1. The second kappa shape index (κ2) is 17.4. The Hall–Kier alpha value is -9.50. The lowest BCUT2D eigenvalue weighted by Crippen LogP contribution is -2.28. The molecule has 0 unspecified atom stereocenters. The first-order chi connectivity index (χ1) is 36.2. The first kappa shape index (κ1) is 42.4. The third-order valence-corrected chi connectivity index (χ3v) is 15.2. The standard InChI is InChI=1S/C71H46N2/c1-5-19-47(20-6-1)48-35-37-49(38-36-48)67-46-68(73-70(72-67)50-21-7-2-8-22-50)54-24-17-23-51(43-54)52-39-42-63-64(44-52)59-30-14-13-29-58(59)62-33-18-32-57(69(62)63)53-40-41-61-60-31-15-16-34-65(60)71(66(61)45-53,55-25-9-3-10-26-55)56-27-11-4-12-28-56/h1-46H. The molecule has 1 aliphatic rings. The molecule has 0 radical (unpaired) electrons. The number of hydrogen-bond acceptors (Lipinski definition) is 2. The van der Waals surface area contributed by atoms with Gasteiger partial charge in [0, 0.05) is 16.7 Å². The summed E-state index contributed by atoms with van der Waals surface area (Å²) in [5.41, 5.74) is 19.1. The van der Waals surface area contributed by atoms with E-state index in [2.05, 4.69) is 261 Å². The number of aromatic nitrogens is 2. The van der Waals surface area contributed by atoms with E-state index in [0.717, 1.165) is 39.2 Å². The summed E-state index contributed by atoms with van der Waals surface area (Å²) in [7, 11) is 0. The van der Waals surface area contributed by atoms with Crippen LogP contribution in [-0.2, 0) is 5.41 Å². The lowest BCUT2D eigenvalue weighted by Gasteiger charge is -2.34. The summed E-state index contributed by atoms with van der Waals surface area (Å²) in [5.74, 6) is 0.698. The molecule has 0 bridgehead atoms. The zero-order chi connectivity index (χ0) is 48.3. The third-order valence-electron chi connectivity index (χ3n) is 15.2. The Labute approximate surface area is 425 Å². The van der Waals surface area contributed by atoms with Crippen LogP contribution < -0.4 is 0 Å². The van der Waals surface area contributed by atoms with Gasteiger partial charge in [0.25, 0.3) is 0 Å². The molecule has 0 atom stereocenters. The summed E-state index contributed by atoms with van der Waals surface area (Å²) in [6.07, 6.45) is 0. The number of benzene rings is 12. The van der Waals surface area contributed by atoms with Crippen LogP contribution in [-0.4, -0.2) is 9.97 Å². The molecule has 0 aliphatic heterocycles. The number of rotatable bonds is 8. The molecule has 0 saturated carbocycles. The molecular formula is C71H46N2. The fourth-order valence-corrected chi connectivity index (χ4v) is 11.8. The second-order valence-corrected chi connectivity index (χ2v) is 19.2. The predicted molar refractivity (Wildman–Crippen MR) is 304 cm³/mol. The monoisotopic (exact) mass is 926 g/mol. The molecule has 0 fully saturated rings. The molecule has 1 heterocycles. The second-order valence-electron chi connectivity index (χ2n) is 19.2. The van der Waals surface area contributed by atoms with Crippen LogP contribution in [0.4, 0.5) is 0 Å². The lowest BCUT2D eigenvalue weighted by atomic mass is 9.67. The van der Waals surface area contributed by atoms with Crippen molar-refractivity contribution in [3.8, 4) is 78.4 Å². The van der Waals surface area contributed by atoms with E-state index < -0.39 is 5.41 Å². The molecule has 0 saturated heterocycles. The third kappa shape index (κ3) is 7.02. The van der Waals surface area contributed by atoms with Gasteiger partial charge in [-0.15, -0.1) is 0 Å². The molecule has 2 heteroatoms. The maximum absolute atomic E-state index is 5.23. The molecule has 14 rings (SSSR count). The molecule has 0 spiro atoms. The summed E-state index contributed by atoms with van der Waals surface area (Å²) < 4.78 is 0. The van der Waals surface area contributed by atoms with E-state index in [-0.39, 0.29) is 0 Å². The van der Waals surface area contributed by atoms with Crippen molar-refractivity contribution in [1.29, 1.82) is 0 Å². The van der Waals surface area contributed by atoms with Gasteiger partial charge in [-0.1, -0.05) is 255 Å². The minimum Gasteiger partial charge on any atom is -0.228 e. The van der Waals surface area contributed by atoms with E-state index in [1.807, 2.05) is 18.2 Å². The van der Waals surface area contributed by atoms with Crippen LogP contribution in [0.25, 0.3) is 111 Å². The van der Waals surface area contributed by atoms with Crippen molar-refractivity contribution in [3.05, 3.63) is 301 Å². The molecule has 340 valence electrons. The van der Waals surface area contributed by atoms with Crippen molar-refractivity contribution in [1.82, 2.24) is 9.97 Å². The van der Waals surface area contributed by atoms with Gasteiger partial charge in [-0.25, -0.2) is 9.97 Å². The SMILES string of the molecule is c1ccc(-c2ccc(-c3cc(-c4cccc(-c5ccc6c(c5)c5ccccc5c5cccc(-c7ccc8c(c7)C(c7ccccc7)(c7ccccc7)c7ccccc7-8)c56)c4)nc(-c4ccccc4)n3)cc2)cc1. The van der Waals surface area contributed by atoms with Crippen molar-refractivity contribution in [3.63, 3.8) is 0 Å². The van der Waals surface area contributed by atoms with E-state index in [0.29, 0.717) is 5.82 Å². The van der Waals surface area contributed by atoms with Crippen LogP contribution in [0.15, 0.2) is 279 Å². The fraction of sp³-hybridized carbons (Fsp3) is 0.0141. The van der Waals surface area contributed by atoms with E-state index in [1.165, 1.54) is 88.0 Å². The predicted octanol–water partition coefficient (Wildman–Crippen LogP) is 18.3. The van der Waals surface area contributed by atoms with Gasteiger partial charge >= 0.3 is 0 Å². The summed E-state index contributed by atoms with van der Waals surface area (Å²) in [5, 5.41) is 7.45. The van der Waals surface area contributed by atoms with Crippen LogP contribution in [0, 0.1) is 0 Å². The summed E-state index contributed by atoms with van der Waals surface area (Å²) in [6, 6.07) is 102. The Morgan fingerprint density at radius 1 is 0.233 bits per heavy atom. The lowest BCUT2D eigenvalue weighted by molar-refractivity contribution is 0.769. The highest BCUT2D eigenvalue weighted by atomic mass is 14.9. The van der Waals surface area contributed by atoms with Crippen molar-refractivity contribution < 1.29 is 0 Å². The van der Waals surface area contributed by atoms with Crippen molar-refractivity contribution in [2.24, 2.45) is 0 Å². The zero-order valence-corrected chi connectivity index (χ0v) is 40.0. The maximum Gasteiger partial charge on any atom is 0.160 e. The van der Waals surface area contributed by atoms with Crippen molar-refractivity contribution in [2.45, 2.75) is 5.41 Å². The van der Waals surface area contributed by atoms with Gasteiger partial charge in [0.1, 0.15) is 0 Å². The van der Waals surface area contributed by atoms with Gasteiger partial charge in [-0.05, 0) is 123 Å². The van der Waals surface area contributed by atoms with Gasteiger partial charge in [-0.2, -0.15) is 0 Å². The molecule has 12 aromatic carbocycles. The van der Waals surface area contributed by atoms with Crippen LogP contribution in [0.2, 0.25) is 0 Å². The van der Waals surface area contributed by atoms with Crippen molar-refractivity contribution >= 4 is 32.3 Å². The highest BCUT2D eigenvalue weighted by molar-refractivity contribution is 6.29. The highest BCUT2D eigenvalue weighted by Crippen LogP contribution is 2.57. The topological polar surface area (TPSA) is 25.8 Å². The van der Waals surface area contributed by atoms with E-state index >= 15 is 0 Å². The molecule has 0 N–H and O–H groups in total. The first-order valence-electron chi connectivity index (χ1n) is 25.1. The smallest absolute Gasteiger partial charge is 0.160 e. The van der Waals surface area contributed by atoms with Gasteiger partial charge < -0.3 is 0 Å². The molecule has 0 amide bonds. The fourth-order valence-electron chi connectivity index (χ4n) is 11.8. The minimum absolute atomic E-state index is 0.488. The molecular weight excluding hydrogens is 881 g/mol. The Balaban J connectivity index is 0.915. The molecule has 1 aliphatic carbocycles. The van der Waals surface area contributed by atoms with Crippen LogP contribution >= 0.6 is 0 Å². The first-order valence-corrected chi connectivity index (χ1v) is 25.1. The Bertz CT molecular complexity index is 4180. The number of nitrogens with zero attached hydrogens (tertiary/aromatic N) is 2. The molecule has 2 nitrogen and oxygen atoms in total. The average Bonchev–Trinajstić information content (AvgIpc) is 3.78. The quantitative estimate of drug-likeness (QED) is 0.142. The normalized spacial score (nSPS) is 12.5. The van der Waals surface area contributed by atoms with Crippen molar-refractivity contribution in [2.75, 3.05) is 0 Å². The summed E-state index contributed by atoms with van der Waals surface area (Å²) in [4.78, 5) is 10.4. The van der Waals surface area contributed by atoms with Crippen LogP contribution in [0.3, 0.4) is 0 Å².